The summed E-state index contributed by atoms with van der Waals surface area (Å²) >= 11 is 0. The molecule has 1 aliphatic heterocycles. The summed E-state index contributed by atoms with van der Waals surface area (Å²) in [6, 6.07) is 12.3. The first kappa shape index (κ1) is 13.5. The highest BCUT2D eigenvalue weighted by atomic mass is 19.1. The van der Waals surface area contributed by atoms with E-state index in [1.807, 2.05) is 12.1 Å². The topological polar surface area (TPSA) is 19.0 Å². The quantitative estimate of drug-likeness (QED) is 0.757. The van der Waals surface area contributed by atoms with Crippen LogP contribution in [0, 0.1) is 11.6 Å². The molecule has 4 heteroatoms. The first-order valence-corrected chi connectivity index (χ1v) is 7.46. The van der Waals surface area contributed by atoms with Gasteiger partial charge in [0, 0.05) is 41.8 Å². The molecule has 1 N–H and O–H groups in total. The zero-order chi connectivity index (χ0) is 15.1. The van der Waals surface area contributed by atoms with Gasteiger partial charge >= 0.3 is 0 Å². The van der Waals surface area contributed by atoms with E-state index in [9.17, 15) is 8.78 Å². The smallest absolute Gasteiger partial charge is 0.130 e. The third-order valence-corrected chi connectivity index (χ3v) is 4.41. The lowest BCUT2D eigenvalue weighted by Gasteiger charge is -2.27. The van der Waals surface area contributed by atoms with Crippen LogP contribution in [-0.2, 0) is 19.5 Å². The molecule has 0 saturated heterocycles. The van der Waals surface area contributed by atoms with E-state index in [-0.39, 0.29) is 5.56 Å². The molecule has 0 bridgehead atoms. The predicted molar refractivity (Wildman–Crippen MR) is 82.5 cm³/mol. The molecule has 0 unspecified atom stereocenters. The van der Waals surface area contributed by atoms with Crippen LogP contribution >= 0.6 is 0 Å². The zero-order valence-corrected chi connectivity index (χ0v) is 12.1. The van der Waals surface area contributed by atoms with Crippen LogP contribution in [0.5, 0.6) is 0 Å². The minimum Gasteiger partial charge on any atom is -0.357 e. The molecule has 22 heavy (non-hydrogen) atoms. The van der Waals surface area contributed by atoms with Crippen molar-refractivity contribution in [1.29, 1.82) is 0 Å². The molecule has 4 rings (SSSR count). The van der Waals surface area contributed by atoms with Gasteiger partial charge in [0.05, 0.1) is 0 Å². The Balaban J connectivity index is 1.62. The average Bonchev–Trinajstić information content (AvgIpc) is 2.89. The van der Waals surface area contributed by atoms with Gasteiger partial charge < -0.3 is 4.98 Å². The van der Waals surface area contributed by atoms with E-state index in [0.717, 1.165) is 24.2 Å². The molecule has 2 heterocycles. The first-order chi connectivity index (χ1) is 10.7. The molecule has 0 aliphatic carbocycles. The maximum absolute atomic E-state index is 13.8. The van der Waals surface area contributed by atoms with E-state index in [2.05, 4.69) is 22.0 Å². The Morgan fingerprint density at radius 1 is 1.00 bits per heavy atom. The molecule has 0 atom stereocenters. The second-order valence-corrected chi connectivity index (χ2v) is 5.79. The van der Waals surface area contributed by atoms with Gasteiger partial charge in [-0.25, -0.2) is 8.78 Å². The normalized spacial score (nSPS) is 15.2. The summed E-state index contributed by atoms with van der Waals surface area (Å²) in [5.41, 5.74) is 3.78. The third kappa shape index (κ3) is 2.20. The van der Waals surface area contributed by atoms with Crippen LogP contribution in [0.2, 0.25) is 0 Å². The van der Waals surface area contributed by atoms with Gasteiger partial charge in [-0.2, -0.15) is 0 Å². The molecule has 0 amide bonds. The summed E-state index contributed by atoms with van der Waals surface area (Å²) in [5.74, 6) is -0.940. The van der Waals surface area contributed by atoms with Crippen LogP contribution in [-0.4, -0.2) is 16.4 Å². The SMILES string of the molecule is Fc1cccc(F)c1CN1CCc2c([nH]c3ccccc23)C1. The second kappa shape index (κ2) is 5.21. The number of para-hydroxylation sites is 1. The van der Waals surface area contributed by atoms with Crippen LogP contribution in [0.4, 0.5) is 8.78 Å². The molecule has 0 spiro atoms. The fourth-order valence-corrected chi connectivity index (χ4v) is 3.29. The number of nitrogens with one attached hydrogen (secondary N) is 1. The van der Waals surface area contributed by atoms with Crippen LogP contribution in [0.3, 0.4) is 0 Å². The van der Waals surface area contributed by atoms with Gasteiger partial charge in [0.2, 0.25) is 0 Å². The van der Waals surface area contributed by atoms with Crippen LogP contribution < -0.4 is 0 Å². The number of aromatic nitrogens is 1. The van der Waals surface area contributed by atoms with Gasteiger partial charge in [-0.15, -0.1) is 0 Å². The minimum atomic E-state index is -0.470. The summed E-state index contributed by atoms with van der Waals surface area (Å²) in [7, 11) is 0. The lowest BCUT2D eigenvalue weighted by Crippen LogP contribution is -2.30. The summed E-state index contributed by atoms with van der Waals surface area (Å²) < 4.78 is 27.6. The van der Waals surface area contributed by atoms with Gasteiger partial charge in [-0.3, -0.25) is 4.90 Å². The number of rotatable bonds is 2. The molecule has 2 nitrogen and oxygen atoms in total. The summed E-state index contributed by atoms with van der Waals surface area (Å²) in [5, 5.41) is 1.26. The van der Waals surface area contributed by atoms with E-state index in [1.165, 1.54) is 29.1 Å². The Hall–Kier alpha value is -2.20. The van der Waals surface area contributed by atoms with Crippen molar-refractivity contribution < 1.29 is 8.78 Å². The van der Waals surface area contributed by atoms with Crippen molar-refractivity contribution in [3.63, 3.8) is 0 Å². The van der Waals surface area contributed by atoms with Gasteiger partial charge in [-0.1, -0.05) is 24.3 Å². The molecule has 112 valence electrons. The van der Waals surface area contributed by atoms with Crippen LogP contribution in [0.25, 0.3) is 10.9 Å². The Bertz CT molecular complexity index is 818. The number of halogens is 2. The minimum absolute atomic E-state index is 0.155. The van der Waals surface area contributed by atoms with Crippen molar-refractivity contribution in [3.8, 4) is 0 Å². The van der Waals surface area contributed by atoms with E-state index >= 15 is 0 Å². The van der Waals surface area contributed by atoms with Crippen molar-refractivity contribution in [2.75, 3.05) is 6.54 Å². The first-order valence-electron chi connectivity index (χ1n) is 7.46. The Labute approximate surface area is 127 Å². The van der Waals surface area contributed by atoms with Crippen molar-refractivity contribution in [2.45, 2.75) is 19.5 Å². The van der Waals surface area contributed by atoms with E-state index in [0.29, 0.717) is 13.1 Å². The van der Waals surface area contributed by atoms with Crippen molar-refractivity contribution in [3.05, 3.63) is 70.9 Å². The standard InChI is InChI=1S/C18H16F2N2/c19-15-5-3-6-16(20)14(15)10-22-9-8-13-12-4-1-2-7-17(12)21-18(13)11-22/h1-7,21H,8-11H2. The molecular weight excluding hydrogens is 282 g/mol. The second-order valence-electron chi connectivity index (χ2n) is 5.79. The molecule has 1 aromatic heterocycles. The number of hydrogen-bond donors (Lipinski definition) is 1. The molecule has 0 fully saturated rings. The highest BCUT2D eigenvalue weighted by molar-refractivity contribution is 5.84. The van der Waals surface area contributed by atoms with Crippen LogP contribution in [0.1, 0.15) is 16.8 Å². The van der Waals surface area contributed by atoms with Gasteiger partial charge in [0.15, 0.2) is 0 Å². The van der Waals surface area contributed by atoms with E-state index in [4.69, 9.17) is 0 Å². The summed E-state index contributed by atoms with van der Waals surface area (Å²) in [6.45, 7) is 1.80. The van der Waals surface area contributed by atoms with E-state index < -0.39 is 11.6 Å². The maximum Gasteiger partial charge on any atom is 0.130 e. The Kier molecular flexibility index (Phi) is 3.19. The van der Waals surface area contributed by atoms with Gasteiger partial charge in [0.25, 0.3) is 0 Å². The molecule has 3 aromatic rings. The average molecular weight is 298 g/mol. The van der Waals surface area contributed by atoms with Gasteiger partial charge in [-0.05, 0) is 30.2 Å². The van der Waals surface area contributed by atoms with Crippen molar-refractivity contribution >= 4 is 10.9 Å². The van der Waals surface area contributed by atoms with Crippen LogP contribution in [0.15, 0.2) is 42.5 Å². The van der Waals surface area contributed by atoms with Crippen molar-refractivity contribution in [1.82, 2.24) is 9.88 Å². The number of H-pyrrole nitrogens is 1. The molecule has 1 aliphatic rings. The molecular formula is C18H16F2N2. The Morgan fingerprint density at radius 2 is 1.77 bits per heavy atom. The third-order valence-electron chi connectivity index (χ3n) is 4.41. The molecule has 0 radical (unpaired) electrons. The van der Waals surface area contributed by atoms with E-state index in [1.54, 1.807) is 0 Å². The molecule has 0 saturated carbocycles. The Morgan fingerprint density at radius 3 is 2.59 bits per heavy atom. The number of aromatic amines is 1. The number of nitrogens with zero attached hydrogens (tertiary/aromatic N) is 1. The monoisotopic (exact) mass is 298 g/mol. The fourth-order valence-electron chi connectivity index (χ4n) is 3.29. The number of hydrogen-bond acceptors (Lipinski definition) is 1. The lowest BCUT2D eigenvalue weighted by atomic mass is 10.0. The van der Waals surface area contributed by atoms with Crippen molar-refractivity contribution in [2.24, 2.45) is 0 Å². The summed E-state index contributed by atoms with van der Waals surface area (Å²) in [6.07, 6.45) is 0.898. The zero-order valence-electron chi connectivity index (χ0n) is 12.1. The van der Waals surface area contributed by atoms with Gasteiger partial charge in [0.1, 0.15) is 11.6 Å². The highest BCUT2D eigenvalue weighted by Gasteiger charge is 2.22. The predicted octanol–water partition coefficient (Wildman–Crippen LogP) is 4.00. The largest absolute Gasteiger partial charge is 0.357 e. The number of fused-ring (bicyclic) bond motifs is 3. The maximum atomic E-state index is 13.8. The highest BCUT2D eigenvalue weighted by Crippen LogP contribution is 2.28. The molecule has 2 aromatic carbocycles. The number of benzene rings is 2. The fraction of sp³-hybridized carbons (Fsp3) is 0.222. The summed E-state index contributed by atoms with van der Waals surface area (Å²) in [4.78, 5) is 5.51. The lowest BCUT2D eigenvalue weighted by molar-refractivity contribution is 0.236.